The number of likely N-dealkylation sites (N-methyl/N-ethyl adjacent to an activating group) is 1. The quantitative estimate of drug-likeness (QED) is 0.852. The Hall–Kier alpha value is -2.32. The number of hydrogen-bond acceptors (Lipinski definition) is 4. The first-order valence-electron chi connectivity index (χ1n) is 8.31. The van der Waals surface area contributed by atoms with Gasteiger partial charge in [0, 0.05) is 37.4 Å². The summed E-state index contributed by atoms with van der Waals surface area (Å²) in [5.74, 6) is 0.0716. The number of anilines is 2. The molecule has 1 amide bonds. The van der Waals surface area contributed by atoms with Crippen molar-refractivity contribution in [3.05, 3.63) is 52.7 Å². The van der Waals surface area contributed by atoms with E-state index in [1.807, 2.05) is 7.05 Å². The first-order valence-corrected chi connectivity index (χ1v) is 8.69. The summed E-state index contributed by atoms with van der Waals surface area (Å²) in [7, 11) is 2.00. The third kappa shape index (κ3) is 4.70. The van der Waals surface area contributed by atoms with Crippen molar-refractivity contribution in [3.8, 4) is 0 Å². The van der Waals surface area contributed by atoms with Crippen LogP contribution in [0.1, 0.15) is 15.9 Å². The van der Waals surface area contributed by atoms with E-state index in [9.17, 15) is 18.0 Å². The number of halogens is 4. The van der Waals surface area contributed by atoms with Gasteiger partial charge in [0.05, 0.1) is 16.8 Å². The number of carbonyl (C=O) groups excluding carboxylic acids is 1. The molecule has 1 fully saturated rings. The van der Waals surface area contributed by atoms with E-state index in [1.165, 1.54) is 24.4 Å². The van der Waals surface area contributed by atoms with Gasteiger partial charge in [0.2, 0.25) is 0 Å². The number of nitrogens with one attached hydrogen (secondary N) is 1. The largest absolute Gasteiger partial charge is 0.418 e. The average Bonchev–Trinajstić information content (AvgIpc) is 2.63. The second-order valence-electron chi connectivity index (χ2n) is 6.34. The van der Waals surface area contributed by atoms with E-state index in [1.54, 1.807) is 11.0 Å². The van der Waals surface area contributed by atoms with Gasteiger partial charge in [-0.3, -0.25) is 4.79 Å². The number of nitrogens with zero attached hydrogens (tertiary/aromatic N) is 3. The molecule has 5 nitrogen and oxygen atoms in total. The number of pyridine rings is 1. The van der Waals surface area contributed by atoms with Crippen LogP contribution in [0.15, 0.2) is 36.5 Å². The maximum atomic E-state index is 13.2. The van der Waals surface area contributed by atoms with Crippen molar-refractivity contribution >= 4 is 29.0 Å². The molecule has 0 saturated carbocycles. The predicted molar refractivity (Wildman–Crippen MR) is 97.4 cm³/mol. The molecule has 0 atom stereocenters. The fraction of sp³-hybridized carbons (Fsp3) is 0.333. The topological polar surface area (TPSA) is 48.5 Å². The summed E-state index contributed by atoms with van der Waals surface area (Å²) >= 11 is 5.68. The number of alkyl halides is 3. The Kier molecular flexibility index (Phi) is 5.57. The number of carbonyl (C=O) groups is 1. The molecule has 0 spiro atoms. The van der Waals surface area contributed by atoms with Crippen LogP contribution >= 0.6 is 11.6 Å². The van der Waals surface area contributed by atoms with Crippen LogP contribution in [0.25, 0.3) is 0 Å². The Bertz CT molecular complexity index is 818. The molecular weight excluding hydrogens is 381 g/mol. The fourth-order valence-corrected chi connectivity index (χ4v) is 2.96. The van der Waals surface area contributed by atoms with E-state index in [2.05, 4.69) is 15.2 Å². The highest BCUT2D eigenvalue weighted by Crippen LogP contribution is 2.37. The molecule has 1 N–H and O–H groups in total. The maximum absolute atomic E-state index is 13.2. The van der Waals surface area contributed by atoms with Crippen LogP contribution in [0.5, 0.6) is 0 Å². The standard InChI is InChI=1S/C18H18ClF3N4O/c1-25-6-8-26(9-7-25)17(27)12-2-5-16(23-11-12)24-15-4-3-13(19)10-14(15)18(20,21)22/h2-5,10-11H,6-9H2,1H3,(H,23,24). The smallest absolute Gasteiger partial charge is 0.340 e. The van der Waals surface area contributed by atoms with Gasteiger partial charge >= 0.3 is 6.18 Å². The molecule has 144 valence electrons. The summed E-state index contributed by atoms with van der Waals surface area (Å²) in [5, 5.41) is 2.63. The van der Waals surface area contributed by atoms with Gasteiger partial charge in [0.25, 0.3) is 5.91 Å². The highest BCUT2D eigenvalue weighted by Gasteiger charge is 2.34. The van der Waals surface area contributed by atoms with Crippen molar-refractivity contribution in [2.45, 2.75) is 6.18 Å². The molecule has 0 bridgehead atoms. The van der Waals surface area contributed by atoms with Gasteiger partial charge < -0.3 is 15.1 Å². The molecule has 2 aromatic rings. The lowest BCUT2D eigenvalue weighted by Crippen LogP contribution is -2.47. The van der Waals surface area contributed by atoms with Crippen LogP contribution in [0.3, 0.4) is 0 Å². The van der Waals surface area contributed by atoms with Crippen LogP contribution in [0.4, 0.5) is 24.7 Å². The number of amides is 1. The molecule has 0 unspecified atom stereocenters. The molecule has 1 aromatic carbocycles. The number of hydrogen-bond donors (Lipinski definition) is 1. The SMILES string of the molecule is CN1CCN(C(=O)c2ccc(Nc3ccc(Cl)cc3C(F)(F)F)nc2)CC1. The van der Waals surface area contributed by atoms with Gasteiger partial charge in [0.1, 0.15) is 5.82 Å². The highest BCUT2D eigenvalue weighted by atomic mass is 35.5. The van der Waals surface area contributed by atoms with Gasteiger partial charge in [-0.15, -0.1) is 0 Å². The first-order chi connectivity index (χ1) is 12.7. The Morgan fingerprint density at radius 1 is 1.15 bits per heavy atom. The molecular formula is C18H18ClF3N4O. The lowest BCUT2D eigenvalue weighted by molar-refractivity contribution is -0.136. The third-order valence-corrected chi connectivity index (χ3v) is 4.59. The fourth-order valence-electron chi connectivity index (χ4n) is 2.78. The van der Waals surface area contributed by atoms with Crippen molar-refractivity contribution in [2.24, 2.45) is 0 Å². The monoisotopic (exact) mass is 398 g/mol. The minimum Gasteiger partial charge on any atom is -0.340 e. The lowest BCUT2D eigenvalue weighted by atomic mass is 10.1. The molecule has 1 saturated heterocycles. The van der Waals surface area contributed by atoms with Gasteiger partial charge in [-0.25, -0.2) is 4.98 Å². The Morgan fingerprint density at radius 3 is 2.44 bits per heavy atom. The van der Waals surface area contributed by atoms with E-state index in [0.29, 0.717) is 18.7 Å². The molecule has 27 heavy (non-hydrogen) atoms. The van der Waals surface area contributed by atoms with E-state index in [4.69, 9.17) is 11.6 Å². The Morgan fingerprint density at radius 2 is 1.85 bits per heavy atom. The van der Waals surface area contributed by atoms with E-state index < -0.39 is 11.7 Å². The van der Waals surface area contributed by atoms with E-state index in [0.717, 1.165) is 19.2 Å². The molecule has 3 rings (SSSR count). The average molecular weight is 399 g/mol. The zero-order chi connectivity index (χ0) is 19.6. The van der Waals surface area contributed by atoms with Crippen molar-refractivity contribution < 1.29 is 18.0 Å². The second kappa shape index (κ2) is 7.74. The van der Waals surface area contributed by atoms with E-state index in [-0.39, 0.29) is 22.4 Å². The van der Waals surface area contributed by atoms with Crippen LogP contribution in [-0.2, 0) is 6.18 Å². The van der Waals surface area contributed by atoms with Crippen LogP contribution in [-0.4, -0.2) is 53.9 Å². The summed E-state index contributed by atoms with van der Waals surface area (Å²) in [4.78, 5) is 20.4. The molecule has 1 aliphatic rings. The maximum Gasteiger partial charge on any atom is 0.418 e. The lowest BCUT2D eigenvalue weighted by Gasteiger charge is -2.32. The number of piperazine rings is 1. The summed E-state index contributed by atoms with van der Waals surface area (Å²) < 4.78 is 39.5. The third-order valence-electron chi connectivity index (χ3n) is 4.35. The van der Waals surface area contributed by atoms with Gasteiger partial charge in [-0.1, -0.05) is 11.6 Å². The molecule has 1 aromatic heterocycles. The van der Waals surface area contributed by atoms with E-state index >= 15 is 0 Å². The van der Waals surface area contributed by atoms with Crippen LogP contribution < -0.4 is 5.32 Å². The summed E-state index contributed by atoms with van der Waals surface area (Å²) in [6, 6.07) is 6.51. The molecule has 2 heterocycles. The molecule has 1 aliphatic heterocycles. The Labute approximate surface area is 159 Å². The first kappa shape index (κ1) is 19.4. The van der Waals surface area contributed by atoms with Gasteiger partial charge in [-0.2, -0.15) is 13.2 Å². The van der Waals surface area contributed by atoms with Crippen molar-refractivity contribution in [1.82, 2.24) is 14.8 Å². The van der Waals surface area contributed by atoms with Crippen molar-refractivity contribution in [2.75, 3.05) is 38.5 Å². The van der Waals surface area contributed by atoms with Crippen LogP contribution in [0, 0.1) is 0 Å². The molecule has 0 radical (unpaired) electrons. The Balaban J connectivity index is 1.74. The predicted octanol–water partition coefficient (Wildman–Crippen LogP) is 3.89. The highest BCUT2D eigenvalue weighted by molar-refractivity contribution is 6.30. The van der Waals surface area contributed by atoms with Gasteiger partial charge in [-0.05, 0) is 37.4 Å². The summed E-state index contributed by atoms with van der Waals surface area (Å²) in [6.45, 7) is 2.87. The minimum atomic E-state index is -4.55. The zero-order valence-corrected chi connectivity index (χ0v) is 15.3. The number of benzene rings is 1. The normalized spacial score (nSPS) is 15.7. The second-order valence-corrected chi connectivity index (χ2v) is 6.78. The summed E-state index contributed by atoms with van der Waals surface area (Å²) in [6.07, 6.45) is -3.18. The van der Waals surface area contributed by atoms with Crippen molar-refractivity contribution in [1.29, 1.82) is 0 Å². The van der Waals surface area contributed by atoms with Gasteiger partial charge in [0.15, 0.2) is 0 Å². The zero-order valence-electron chi connectivity index (χ0n) is 14.6. The molecule has 0 aliphatic carbocycles. The van der Waals surface area contributed by atoms with Crippen LogP contribution in [0.2, 0.25) is 5.02 Å². The number of aromatic nitrogens is 1. The summed E-state index contributed by atoms with van der Waals surface area (Å²) in [5.41, 5.74) is -0.635. The molecule has 9 heteroatoms. The number of rotatable bonds is 3. The minimum absolute atomic E-state index is 0.00560. The van der Waals surface area contributed by atoms with Crippen molar-refractivity contribution in [3.63, 3.8) is 0 Å².